The minimum atomic E-state index is -0.149. The van der Waals surface area contributed by atoms with Crippen LogP contribution in [0.1, 0.15) is 33.6 Å². The highest BCUT2D eigenvalue weighted by atomic mass is 16.7. The van der Waals surface area contributed by atoms with Crippen LogP contribution in [0.5, 0.6) is 0 Å². The van der Waals surface area contributed by atoms with Gasteiger partial charge in [-0.3, -0.25) is 0 Å². The van der Waals surface area contributed by atoms with Crippen molar-refractivity contribution >= 4 is 0 Å². The molecule has 15 heavy (non-hydrogen) atoms. The molecule has 0 aromatic carbocycles. The topological polar surface area (TPSA) is 30.5 Å². The summed E-state index contributed by atoms with van der Waals surface area (Å²) in [7, 11) is 1.94. The van der Waals surface area contributed by atoms with E-state index in [9.17, 15) is 0 Å². The molecule has 1 unspecified atom stereocenters. The van der Waals surface area contributed by atoms with Crippen molar-refractivity contribution in [1.82, 2.24) is 5.32 Å². The van der Waals surface area contributed by atoms with Crippen LogP contribution in [0.2, 0.25) is 0 Å². The molecule has 0 amide bonds. The number of hydrogen-bond donors (Lipinski definition) is 1. The third-order valence-corrected chi connectivity index (χ3v) is 2.24. The largest absolute Gasteiger partial charge is 0.351 e. The Labute approximate surface area is 93.8 Å². The predicted octanol–water partition coefficient (Wildman–Crippen LogP) is 2.33. The molecule has 0 saturated carbocycles. The fourth-order valence-electron chi connectivity index (χ4n) is 1.43. The molecule has 0 bridgehead atoms. The van der Waals surface area contributed by atoms with Crippen LogP contribution in [0.15, 0.2) is 12.2 Å². The second-order valence-corrected chi connectivity index (χ2v) is 3.67. The Kier molecular flexibility index (Phi) is 8.67. The van der Waals surface area contributed by atoms with Gasteiger partial charge in [0.2, 0.25) is 0 Å². The number of rotatable bonds is 9. The summed E-state index contributed by atoms with van der Waals surface area (Å²) in [5, 5.41) is 3.24. The van der Waals surface area contributed by atoms with Crippen molar-refractivity contribution in [2.24, 2.45) is 0 Å². The fourth-order valence-corrected chi connectivity index (χ4v) is 1.43. The first-order valence-corrected chi connectivity index (χ1v) is 5.70. The van der Waals surface area contributed by atoms with Crippen molar-refractivity contribution in [2.45, 2.75) is 45.9 Å². The van der Waals surface area contributed by atoms with Gasteiger partial charge in [0.1, 0.15) is 0 Å². The van der Waals surface area contributed by atoms with Crippen molar-refractivity contribution < 1.29 is 9.47 Å². The molecule has 0 spiro atoms. The van der Waals surface area contributed by atoms with E-state index in [2.05, 4.69) is 11.9 Å². The van der Waals surface area contributed by atoms with E-state index in [1.54, 1.807) is 0 Å². The van der Waals surface area contributed by atoms with Gasteiger partial charge < -0.3 is 14.8 Å². The van der Waals surface area contributed by atoms with Crippen LogP contribution >= 0.6 is 0 Å². The highest BCUT2D eigenvalue weighted by Crippen LogP contribution is 2.11. The fraction of sp³-hybridized carbons (Fsp3) is 0.833. The standard InChI is InChI=1S/C12H25NO2/c1-6-14-12(15-7-2)11(13-5)9-8-10(3)4/h11-13H,3,6-9H2,1-2,4-5H3. The van der Waals surface area contributed by atoms with E-state index in [-0.39, 0.29) is 12.3 Å². The van der Waals surface area contributed by atoms with Crippen molar-refractivity contribution in [3.63, 3.8) is 0 Å². The predicted molar refractivity (Wildman–Crippen MR) is 63.9 cm³/mol. The van der Waals surface area contributed by atoms with Gasteiger partial charge in [0.15, 0.2) is 6.29 Å². The Morgan fingerprint density at radius 1 is 1.27 bits per heavy atom. The third kappa shape index (κ3) is 6.66. The average Bonchev–Trinajstić information content (AvgIpc) is 2.19. The molecule has 3 heteroatoms. The summed E-state index contributed by atoms with van der Waals surface area (Å²) in [5.74, 6) is 0. The molecule has 0 aromatic rings. The van der Waals surface area contributed by atoms with E-state index < -0.39 is 0 Å². The monoisotopic (exact) mass is 215 g/mol. The molecule has 0 radical (unpaired) electrons. The summed E-state index contributed by atoms with van der Waals surface area (Å²) in [6.45, 7) is 11.3. The lowest BCUT2D eigenvalue weighted by Crippen LogP contribution is -2.41. The van der Waals surface area contributed by atoms with Gasteiger partial charge in [-0.1, -0.05) is 5.57 Å². The van der Waals surface area contributed by atoms with Gasteiger partial charge in [-0.15, -0.1) is 6.58 Å². The molecule has 1 N–H and O–H groups in total. The molecule has 0 aliphatic carbocycles. The Morgan fingerprint density at radius 2 is 1.80 bits per heavy atom. The number of allylic oxidation sites excluding steroid dienone is 1. The van der Waals surface area contributed by atoms with E-state index >= 15 is 0 Å². The Bertz CT molecular complexity index is 165. The van der Waals surface area contributed by atoms with Crippen LogP contribution in [0.4, 0.5) is 0 Å². The van der Waals surface area contributed by atoms with Crippen molar-refractivity contribution in [2.75, 3.05) is 20.3 Å². The lowest BCUT2D eigenvalue weighted by atomic mass is 10.1. The molecule has 0 aliphatic heterocycles. The van der Waals surface area contributed by atoms with Crippen LogP contribution < -0.4 is 5.32 Å². The lowest BCUT2D eigenvalue weighted by Gasteiger charge is -2.26. The number of hydrogen-bond acceptors (Lipinski definition) is 3. The van der Waals surface area contributed by atoms with E-state index in [1.807, 2.05) is 27.8 Å². The Balaban J connectivity index is 4.10. The Hall–Kier alpha value is -0.380. The highest BCUT2D eigenvalue weighted by Gasteiger charge is 2.19. The van der Waals surface area contributed by atoms with E-state index in [0.717, 1.165) is 12.8 Å². The summed E-state index contributed by atoms with van der Waals surface area (Å²) in [6, 6.07) is 0.238. The van der Waals surface area contributed by atoms with Crippen LogP contribution in [-0.4, -0.2) is 32.6 Å². The van der Waals surface area contributed by atoms with Crippen molar-refractivity contribution in [3.05, 3.63) is 12.2 Å². The van der Waals surface area contributed by atoms with Crippen LogP contribution in [0, 0.1) is 0 Å². The van der Waals surface area contributed by atoms with Gasteiger partial charge in [-0.05, 0) is 40.7 Å². The highest BCUT2D eigenvalue weighted by molar-refractivity contribution is 4.89. The van der Waals surface area contributed by atoms with E-state index in [4.69, 9.17) is 9.47 Å². The molecule has 0 rings (SSSR count). The van der Waals surface area contributed by atoms with Crippen molar-refractivity contribution in [1.29, 1.82) is 0 Å². The number of likely N-dealkylation sites (N-methyl/N-ethyl adjacent to an activating group) is 1. The van der Waals surface area contributed by atoms with E-state index in [0.29, 0.717) is 13.2 Å². The summed E-state index contributed by atoms with van der Waals surface area (Å²) in [5.41, 5.74) is 1.20. The van der Waals surface area contributed by atoms with Gasteiger partial charge in [0, 0.05) is 13.2 Å². The second kappa shape index (κ2) is 8.89. The quantitative estimate of drug-likeness (QED) is 0.473. The first-order valence-electron chi connectivity index (χ1n) is 5.70. The third-order valence-electron chi connectivity index (χ3n) is 2.24. The van der Waals surface area contributed by atoms with Gasteiger partial charge >= 0.3 is 0 Å². The minimum Gasteiger partial charge on any atom is -0.351 e. The smallest absolute Gasteiger partial charge is 0.172 e. The summed E-state index contributed by atoms with van der Waals surface area (Å²) < 4.78 is 11.1. The summed E-state index contributed by atoms with van der Waals surface area (Å²) >= 11 is 0. The molecule has 0 fully saturated rings. The molecule has 0 saturated heterocycles. The Morgan fingerprint density at radius 3 is 2.13 bits per heavy atom. The van der Waals surface area contributed by atoms with Gasteiger partial charge in [-0.2, -0.15) is 0 Å². The molecule has 0 aromatic heterocycles. The second-order valence-electron chi connectivity index (χ2n) is 3.67. The zero-order chi connectivity index (χ0) is 11.7. The first-order chi connectivity index (χ1) is 7.15. The zero-order valence-electron chi connectivity index (χ0n) is 10.5. The number of nitrogens with one attached hydrogen (secondary N) is 1. The molecule has 1 atom stereocenters. The number of ether oxygens (including phenoxy) is 2. The maximum absolute atomic E-state index is 5.55. The van der Waals surface area contributed by atoms with Crippen LogP contribution in [-0.2, 0) is 9.47 Å². The molecule has 90 valence electrons. The maximum atomic E-state index is 5.55. The molecular weight excluding hydrogens is 190 g/mol. The van der Waals surface area contributed by atoms with Gasteiger partial charge in [0.05, 0.1) is 6.04 Å². The van der Waals surface area contributed by atoms with E-state index in [1.165, 1.54) is 5.57 Å². The molecule has 3 nitrogen and oxygen atoms in total. The summed E-state index contributed by atoms with van der Waals surface area (Å²) in [6.07, 6.45) is 1.85. The summed E-state index contributed by atoms with van der Waals surface area (Å²) in [4.78, 5) is 0. The van der Waals surface area contributed by atoms with Crippen LogP contribution in [0.3, 0.4) is 0 Å². The molecule has 0 aliphatic rings. The van der Waals surface area contributed by atoms with Crippen molar-refractivity contribution in [3.8, 4) is 0 Å². The molecular formula is C12H25NO2. The zero-order valence-corrected chi connectivity index (χ0v) is 10.5. The SMILES string of the molecule is C=C(C)CCC(NC)C(OCC)OCC. The van der Waals surface area contributed by atoms with Gasteiger partial charge in [-0.25, -0.2) is 0 Å². The van der Waals surface area contributed by atoms with Gasteiger partial charge in [0.25, 0.3) is 0 Å². The maximum Gasteiger partial charge on any atom is 0.172 e. The first kappa shape index (κ1) is 14.6. The average molecular weight is 215 g/mol. The van der Waals surface area contributed by atoms with Crippen LogP contribution in [0.25, 0.3) is 0 Å². The minimum absolute atomic E-state index is 0.149. The lowest BCUT2D eigenvalue weighted by molar-refractivity contribution is -0.153. The molecule has 0 heterocycles. The normalized spacial score (nSPS) is 13.1.